The fraction of sp³-hybridized carbons (Fsp3) is 0.682. The van der Waals surface area contributed by atoms with Gasteiger partial charge in [0.2, 0.25) is 0 Å². The van der Waals surface area contributed by atoms with Crippen molar-refractivity contribution in [3.63, 3.8) is 0 Å². The molecule has 1 saturated carbocycles. The SMILES string of the molecule is CCNC(=NCC1(c2ccccc2F)CC1)NC1CC2CCCC(C1)N2C.I. The van der Waals surface area contributed by atoms with Crippen LogP contribution in [0.25, 0.3) is 0 Å². The van der Waals surface area contributed by atoms with Gasteiger partial charge in [0.25, 0.3) is 0 Å². The highest BCUT2D eigenvalue weighted by atomic mass is 127. The molecular weight excluding hydrogens is 466 g/mol. The van der Waals surface area contributed by atoms with E-state index in [4.69, 9.17) is 4.99 Å². The summed E-state index contributed by atoms with van der Waals surface area (Å²) in [5, 5.41) is 7.10. The standard InChI is InChI=1S/C22H33FN4.HI/c1-3-24-21(26-16-13-17-7-6-8-18(14-16)27(17)2)25-15-22(11-12-22)19-9-4-5-10-20(19)23;/h4-5,9-10,16-18H,3,6-8,11-15H2,1-2H3,(H2,24,25,26);1H. The molecule has 1 aliphatic carbocycles. The molecule has 1 aromatic rings. The second-order valence-electron chi connectivity index (χ2n) is 8.67. The number of benzene rings is 1. The summed E-state index contributed by atoms with van der Waals surface area (Å²) >= 11 is 0. The quantitative estimate of drug-likeness (QED) is 0.364. The molecule has 2 heterocycles. The van der Waals surface area contributed by atoms with E-state index in [2.05, 4.69) is 29.5 Å². The fourth-order valence-corrected chi connectivity index (χ4v) is 5.03. The van der Waals surface area contributed by atoms with Gasteiger partial charge in [-0.25, -0.2) is 4.39 Å². The molecule has 2 unspecified atom stereocenters. The number of nitrogens with one attached hydrogen (secondary N) is 2. The molecule has 0 amide bonds. The minimum absolute atomic E-state index is 0. The van der Waals surface area contributed by atoms with Gasteiger partial charge in [0.05, 0.1) is 6.54 Å². The summed E-state index contributed by atoms with van der Waals surface area (Å²) in [4.78, 5) is 7.47. The van der Waals surface area contributed by atoms with Gasteiger partial charge in [-0.3, -0.25) is 4.99 Å². The van der Waals surface area contributed by atoms with Gasteiger partial charge in [-0.1, -0.05) is 24.6 Å². The Labute approximate surface area is 185 Å². The lowest BCUT2D eigenvalue weighted by atomic mass is 9.82. The van der Waals surface area contributed by atoms with E-state index in [1.165, 1.54) is 32.1 Å². The molecule has 4 nitrogen and oxygen atoms in total. The smallest absolute Gasteiger partial charge is 0.191 e. The summed E-state index contributed by atoms with van der Waals surface area (Å²) in [5.41, 5.74) is 0.732. The molecular formula is C22H34FIN4. The van der Waals surface area contributed by atoms with E-state index in [1.54, 1.807) is 12.1 Å². The number of guanidine groups is 1. The number of rotatable bonds is 5. The Balaban J connectivity index is 0.00000225. The van der Waals surface area contributed by atoms with Crippen LogP contribution in [0.3, 0.4) is 0 Å². The Morgan fingerprint density at radius 1 is 1.21 bits per heavy atom. The van der Waals surface area contributed by atoms with Crippen molar-refractivity contribution >= 4 is 29.9 Å². The van der Waals surface area contributed by atoms with E-state index < -0.39 is 0 Å². The highest BCUT2D eigenvalue weighted by Gasteiger charge is 2.46. The summed E-state index contributed by atoms with van der Waals surface area (Å²) in [5.74, 6) is 0.805. The molecule has 1 aromatic carbocycles. The Bertz CT molecular complexity index is 677. The topological polar surface area (TPSA) is 39.7 Å². The van der Waals surface area contributed by atoms with Gasteiger partial charge in [0, 0.05) is 30.1 Å². The van der Waals surface area contributed by atoms with Crippen LogP contribution in [0.2, 0.25) is 0 Å². The first-order valence-electron chi connectivity index (χ1n) is 10.6. The lowest BCUT2D eigenvalue weighted by Gasteiger charge is -2.47. The van der Waals surface area contributed by atoms with E-state index in [-0.39, 0.29) is 35.2 Å². The van der Waals surface area contributed by atoms with Crippen LogP contribution in [0.4, 0.5) is 4.39 Å². The first-order valence-corrected chi connectivity index (χ1v) is 10.6. The van der Waals surface area contributed by atoms with Crippen molar-refractivity contribution in [3.05, 3.63) is 35.6 Å². The van der Waals surface area contributed by atoms with Crippen molar-refractivity contribution in [3.8, 4) is 0 Å². The second-order valence-corrected chi connectivity index (χ2v) is 8.67. The van der Waals surface area contributed by atoms with Gasteiger partial charge >= 0.3 is 0 Å². The van der Waals surface area contributed by atoms with E-state index in [0.717, 1.165) is 30.9 Å². The van der Waals surface area contributed by atoms with Crippen LogP contribution in [0.15, 0.2) is 29.3 Å². The molecule has 6 heteroatoms. The molecule has 156 valence electrons. The van der Waals surface area contributed by atoms with E-state index >= 15 is 0 Å². The Morgan fingerprint density at radius 3 is 2.50 bits per heavy atom. The molecule has 2 saturated heterocycles. The lowest BCUT2D eigenvalue weighted by molar-refractivity contribution is 0.0526. The van der Waals surface area contributed by atoms with Crippen molar-refractivity contribution in [1.29, 1.82) is 0 Å². The number of fused-ring (bicyclic) bond motifs is 2. The van der Waals surface area contributed by atoms with Crippen LogP contribution < -0.4 is 10.6 Å². The average Bonchev–Trinajstić information content (AvgIpc) is 3.42. The molecule has 2 bridgehead atoms. The highest BCUT2D eigenvalue weighted by Crippen LogP contribution is 2.49. The van der Waals surface area contributed by atoms with E-state index in [9.17, 15) is 4.39 Å². The van der Waals surface area contributed by atoms with Crippen LogP contribution in [0, 0.1) is 5.82 Å². The van der Waals surface area contributed by atoms with Gasteiger partial charge in [-0.2, -0.15) is 0 Å². The van der Waals surface area contributed by atoms with Crippen LogP contribution in [0.5, 0.6) is 0 Å². The van der Waals surface area contributed by atoms with Gasteiger partial charge in [0.15, 0.2) is 5.96 Å². The predicted molar refractivity (Wildman–Crippen MR) is 124 cm³/mol. The summed E-state index contributed by atoms with van der Waals surface area (Å²) in [6.07, 6.45) is 8.42. The predicted octanol–water partition coefficient (Wildman–Crippen LogP) is 4.05. The van der Waals surface area contributed by atoms with E-state index in [1.807, 2.05) is 12.1 Å². The molecule has 3 aliphatic rings. The number of aliphatic imine (C=N–C) groups is 1. The molecule has 28 heavy (non-hydrogen) atoms. The Morgan fingerprint density at radius 2 is 1.89 bits per heavy atom. The van der Waals surface area contributed by atoms with Crippen LogP contribution in [-0.2, 0) is 5.41 Å². The van der Waals surface area contributed by atoms with Crippen molar-refractivity contribution in [2.75, 3.05) is 20.1 Å². The Kier molecular flexibility index (Phi) is 7.23. The largest absolute Gasteiger partial charge is 0.357 e. The molecule has 2 aliphatic heterocycles. The van der Waals surface area contributed by atoms with Crippen LogP contribution >= 0.6 is 24.0 Å². The maximum Gasteiger partial charge on any atom is 0.191 e. The molecule has 2 N–H and O–H groups in total. The maximum atomic E-state index is 14.3. The summed E-state index contributed by atoms with van der Waals surface area (Å²) < 4.78 is 14.3. The molecule has 0 aromatic heterocycles. The maximum absolute atomic E-state index is 14.3. The molecule has 0 radical (unpaired) electrons. The number of halogens is 2. The number of nitrogens with zero attached hydrogens (tertiary/aromatic N) is 2. The summed E-state index contributed by atoms with van der Waals surface area (Å²) in [6.45, 7) is 3.60. The van der Waals surface area contributed by atoms with Crippen molar-refractivity contribution in [2.24, 2.45) is 4.99 Å². The van der Waals surface area contributed by atoms with Gasteiger partial charge < -0.3 is 15.5 Å². The van der Waals surface area contributed by atoms with Gasteiger partial charge in [-0.05, 0) is 64.1 Å². The van der Waals surface area contributed by atoms with Crippen LogP contribution in [0.1, 0.15) is 57.4 Å². The third kappa shape index (κ3) is 4.64. The zero-order chi connectivity index (χ0) is 18.9. The van der Waals surface area contributed by atoms with Crippen molar-refractivity contribution < 1.29 is 4.39 Å². The van der Waals surface area contributed by atoms with Crippen molar-refractivity contribution in [1.82, 2.24) is 15.5 Å². The van der Waals surface area contributed by atoms with Crippen molar-refractivity contribution in [2.45, 2.75) is 75.4 Å². The summed E-state index contributed by atoms with van der Waals surface area (Å²) in [7, 11) is 2.29. The minimum Gasteiger partial charge on any atom is -0.357 e. The number of piperidine rings is 2. The zero-order valence-electron chi connectivity index (χ0n) is 17.1. The van der Waals surface area contributed by atoms with Gasteiger partial charge in [-0.15, -0.1) is 24.0 Å². The normalized spacial score (nSPS) is 29.0. The number of hydrogen-bond acceptors (Lipinski definition) is 2. The van der Waals surface area contributed by atoms with E-state index in [0.29, 0.717) is 24.7 Å². The van der Waals surface area contributed by atoms with Crippen LogP contribution in [-0.4, -0.2) is 49.1 Å². The number of hydrogen-bond donors (Lipinski definition) is 2. The molecule has 3 fully saturated rings. The fourth-order valence-electron chi connectivity index (χ4n) is 5.03. The third-order valence-corrected chi connectivity index (χ3v) is 6.86. The highest BCUT2D eigenvalue weighted by molar-refractivity contribution is 14.0. The third-order valence-electron chi connectivity index (χ3n) is 6.86. The first-order chi connectivity index (χ1) is 13.1. The Hall–Kier alpha value is -0.890. The van der Waals surface area contributed by atoms with Gasteiger partial charge in [0.1, 0.15) is 5.82 Å². The molecule has 4 rings (SSSR count). The zero-order valence-corrected chi connectivity index (χ0v) is 19.4. The molecule has 2 atom stereocenters. The molecule has 0 spiro atoms. The average molecular weight is 500 g/mol. The minimum atomic E-state index is -0.100. The first kappa shape index (κ1) is 21.8. The second kappa shape index (κ2) is 9.28. The lowest BCUT2D eigenvalue weighted by Crippen LogP contribution is -2.56. The summed E-state index contributed by atoms with van der Waals surface area (Å²) in [6, 6.07) is 9.08. The monoisotopic (exact) mass is 500 g/mol.